The Hall–Kier alpha value is -0.930. The van der Waals surface area contributed by atoms with Gasteiger partial charge in [-0.15, -0.1) is 0 Å². The van der Waals surface area contributed by atoms with Crippen molar-refractivity contribution < 1.29 is 14.2 Å². The van der Waals surface area contributed by atoms with Gasteiger partial charge in [-0.1, -0.05) is 12.1 Å². The molecule has 1 N–H and O–H groups in total. The van der Waals surface area contributed by atoms with Crippen molar-refractivity contribution in [3.63, 3.8) is 0 Å². The lowest BCUT2D eigenvalue weighted by molar-refractivity contribution is 0.0483. The molecule has 0 radical (unpaired) electrons. The van der Waals surface area contributed by atoms with Gasteiger partial charge in [-0.25, -0.2) is 4.39 Å². The Morgan fingerprint density at radius 1 is 1.54 bits per heavy atom. The molecule has 72 valence electrons. The van der Waals surface area contributed by atoms with Crippen LogP contribution in [0.5, 0.6) is 0 Å². The van der Waals surface area contributed by atoms with Crippen LogP contribution >= 0.6 is 0 Å². The third-order valence-electron chi connectivity index (χ3n) is 2.00. The molecule has 0 aromatic heterocycles. The maximum atomic E-state index is 12.9. The first-order chi connectivity index (χ1) is 6.19. The first-order valence-electron chi connectivity index (χ1n) is 4.08. The molecule has 1 aromatic rings. The molecule has 0 amide bonds. The molecule has 1 rings (SSSR count). The van der Waals surface area contributed by atoms with Crippen molar-refractivity contribution in [2.24, 2.45) is 0 Å². The molecule has 0 fully saturated rings. The van der Waals surface area contributed by atoms with Crippen LogP contribution in [0, 0.1) is 12.7 Å². The van der Waals surface area contributed by atoms with Gasteiger partial charge >= 0.3 is 0 Å². The van der Waals surface area contributed by atoms with E-state index >= 15 is 0 Å². The van der Waals surface area contributed by atoms with Crippen molar-refractivity contribution in [3.8, 4) is 0 Å². The van der Waals surface area contributed by atoms with Gasteiger partial charge in [-0.2, -0.15) is 0 Å². The molecule has 0 aliphatic rings. The Bertz CT molecular complexity index is 282. The highest BCUT2D eigenvalue weighted by atomic mass is 19.1. The Balaban J connectivity index is 2.95. The molecule has 0 saturated heterocycles. The molecule has 2 nitrogen and oxygen atoms in total. The Morgan fingerprint density at radius 2 is 2.23 bits per heavy atom. The van der Waals surface area contributed by atoms with E-state index in [1.165, 1.54) is 13.2 Å². The lowest BCUT2D eigenvalue weighted by atomic mass is 10.1. The van der Waals surface area contributed by atoms with Crippen LogP contribution in [0.15, 0.2) is 18.2 Å². The zero-order valence-electron chi connectivity index (χ0n) is 7.75. The fourth-order valence-electron chi connectivity index (χ4n) is 1.18. The van der Waals surface area contributed by atoms with Crippen LogP contribution in [0.25, 0.3) is 0 Å². The summed E-state index contributed by atoms with van der Waals surface area (Å²) in [6.45, 7) is 1.59. The highest BCUT2D eigenvalue weighted by Crippen LogP contribution is 2.18. The van der Waals surface area contributed by atoms with Crippen LogP contribution in [0.1, 0.15) is 17.2 Å². The Morgan fingerprint density at radius 3 is 2.69 bits per heavy atom. The normalized spacial score (nSPS) is 12.9. The summed E-state index contributed by atoms with van der Waals surface area (Å²) in [4.78, 5) is 0. The molecule has 13 heavy (non-hydrogen) atoms. The predicted molar refractivity (Wildman–Crippen MR) is 48.0 cm³/mol. The van der Waals surface area contributed by atoms with Gasteiger partial charge in [0.1, 0.15) is 11.9 Å². The molecule has 0 bridgehead atoms. The molecular weight excluding hydrogens is 171 g/mol. The van der Waals surface area contributed by atoms with Gasteiger partial charge < -0.3 is 9.84 Å². The third-order valence-corrected chi connectivity index (χ3v) is 2.00. The van der Waals surface area contributed by atoms with Gasteiger partial charge in [0.15, 0.2) is 0 Å². The van der Waals surface area contributed by atoms with Gasteiger partial charge in [0.2, 0.25) is 0 Å². The molecule has 1 unspecified atom stereocenters. The molecule has 0 spiro atoms. The smallest absolute Gasteiger partial charge is 0.126 e. The number of benzene rings is 1. The minimum atomic E-state index is -0.362. The largest absolute Gasteiger partial charge is 0.393 e. The number of methoxy groups -OCH3 is 1. The van der Waals surface area contributed by atoms with Crippen molar-refractivity contribution in [2.75, 3.05) is 13.7 Å². The summed E-state index contributed by atoms with van der Waals surface area (Å²) in [7, 11) is 1.51. The van der Waals surface area contributed by atoms with Crippen LogP contribution in [0.3, 0.4) is 0 Å². The number of hydrogen-bond acceptors (Lipinski definition) is 2. The molecule has 0 aliphatic carbocycles. The van der Waals surface area contributed by atoms with Crippen LogP contribution in [-0.2, 0) is 4.74 Å². The van der Waals surface area contributed by atoms with Gasteiger partial charge in [0.25, 0.3) is 0 Å². The lowest BCUT2D eigenvalue weighted by Crippen LogP contribution is -2.06. The van der Waals surface area contributed by atoms with E-state index in [0.29, 0.717) is 5.56 Å². The number of hydrogen-bond donors (Lipinski definition) is 1. The van der Waals surface area contributed by atoms with Crippen molar-refractivity contribution in [2.45, 2.75) is 13.0 Å². The van der Waals surface area contributed by atoms with Crippen molar-refractivity contribution in [3.05, 3.63) is 35.1 Å². The van der Waals surface area contributed by atoms with Crippen molar-refractivity contribution >= 4 is 0 Å². The lowest BCUT2D eigenvalue weighted by Gasteiger charge is -2.13. The fourth-order valence-corrected chi connectivity index (χ4v) is 1.18. The minimum Gasteiger partial charge on any atom is -0.393 e. The summed E-state index contributed by atoms with van der Waals surface area (Å²) < 4.78 is 17.9. The van der Waals surface area contributed by atoms with E-state index in [0.717, 1.165) is 5.56 Å². The number of rotatable bonds is 3. The second kappa shape index (κ2) is 4.35. The maximum Gasteiger partial charge on any atom is 0.126 e. The maximum absolute atomic E-state index is 12.9. The van der Waals surface area contributed by atoms with Crippen LogP contribution in [0.2, 0.25) is 0 Å². The van der Waals surface area contributed by atoms with Crippen LogP contribution in [0.4, 0.5) is 4.39 Å². The van der Waals surface area contributed by atoms with Gasteiger partial charge in [0, 0.05) is 7.11 Å². The summed E-state index contributed by atoms with van der Waals surface area (Å²) >= 11 is 0. The monoisotopic (exact) mass is 184 g/mol. The summed E-state index contributed by atoms with van der Waals surface area (Å²) in [6.07, 6.45) is -0.362. The van der Waals surface area contributed by atoms with E-state index in [9.17, 15) is 4.39 Å². The third kappa shape index (κ3) is 2.26. The fraction of sp³-hybridized carbons (Fsp3) is 0.400. The zero-order chi connectivity index (χ0) is 9.84. The van der Waals surface area contributed by atoms with E-state index in [1.807, 2.05) is 0 Å². The molecule has 0 heterocycles. The SMILES string of the molecule is COC(CO)c1ccc(F)c(C)c1. The molecule has 1 aromatic carbocycles. The highest BCUT2D eigenvalue weighted by molar-refractivity contribution is 5.25. The Kier molecular flexibility index (Phi) is 3.39. The van der Waals surface area contributed by atoms with E-state index < -0.39 is 0 Å². The first kappa shape index (κ1) is 10.2. The predicted octanol–water partition coefficient (Wildman–Crippen LogP) is 1.81. The number of aliphatic hydroxyl groups excluding tert-OH is 1. The number of aryl methyl sites for hydroxylation is 1. The minimum absolute atomic E-state index is 0.0957. The van der Waals surface area contributed by atoms with Gasteiger partial charge in [-0.05, 0) is 24.1 Å². The number of aliphatic hydroxyl groups is 1. The average molecular weight is 184 g/mol. The van der Waals surface area contributed by atoms with Gasteiger partial charge in [0.05, 0.1) is 6.61 Å². The second-order valence-corrected chi connectivity index (χ2v) is 2.92. The molecular formula is C10H13FO2. The zero-order valence-corrected chi connectivity index (χ0v) is 7.75. The standard InChI is InChI=1S/C10H13FO2/c1-7-5-8(3-4-9(7)11)10(6-12)13-2/h3-5,10,12H,6H2,1-2H3. The van der Waals surface area contributed by atoms with Gasteiger partial charge in [-0.3, -0.25) is 0 Å². The van der Waals surface area contributed by atoms with E-state index in [1.54, 1.807) is 19.1 Å². The quantitative estimate of drug-likeness (QED) is 0.776. The molecule has 0 aliphatic heterocycles. The first-order valence-corrected chi connectivity index (χ1v) is 4.08. The topological polar surface area (TPSA) is 29.5 Å². The second-order valence-electron chi connectivity index (χ2n) is 2.92. The number of ether oxygens (including phenoxy) is 1. The summed E-state index contributed by atoms with van der Waals surface area (Å²) in [5.74, 6) is -0.239. The highest BCUT2D eigenvalue weighted by Gasteiger charge is 2.09. The average Bonchev–Trinajstić information content (AvgIpc) is 2.13. The van der Waals surface area contributed by atoms with E-state index in [4.69, 9.17) is 9.84 Å². The van der Waals surface area contributed by atoms with Crippen LogP contribution < -0.4 is 0 Å². The molecule has 0 saturated carbocycles. The molecule has 1 atom stereocenters. The van der Waals surface area contributed by atoms with Crippen molar-refractivity contribution in [1.82, 2.24) is 0 Å². The Labute approximate surface area is 77.0 Å². The van der Waals surface area contributed by atoms with Crippen molar-refractivity contribution in [1.29, 1.82) is 0 Å². The van der Waals surface area contributed by atoms with E-state index in [-0.39, 0.29) is 18.5 Å². The summed E-state index contributed by atoms with van der Waals surface area (Å²) in [5.41, 5.74) is 1.36. The summed E-state index contributed by atoms with van der Waals surface area (Å²) in [6, 6.07) is 4.68. The van der Waals surface area contributed by atoms with E-state index in [2.05, 4.69) is 0 Å². The number of halogens is 1. The summed E-state index contributed by atoms with van der Waals surface area (Å²) in [5, 5.41) is 8.92. The van der Waals surface area contributed by atoms with Crippen LogP contribution in [-0.4, -0.2) is 18.8 Å². The molecule has 3 heteroatoms.